The van der Waals surface area contributed by atoms with Crippen LogP contribution in [0.15, 0.2) is 167 Å². The van der Waals surface area contributed by atoms with Crippen molar-refractivity contribution in [1.82, 2.24) is 20.2 Å². The molecule has 0 fully saturated rings. The predicted molar refractivity (Wildman–Crippen MR) is 254 cm³/mol. The van der Waals surface area contributed by atoms with Gasteiger partial charge in [-0.1, -0.05) is 144 Å². The van der Waals surface area contributed by atoms with E-state index in [1.54, 1.807) is 31.9 Å². The summed E-state index contributed by atoms with van der Waals surface area (Å²) in [6, 6.07) is 47.3. The Kier molecular flexibility index (Phi) is 14.6. The monoisotopic (exact) mass is 922 g/mol. The molecule has 0 amide bonds. The second kappa shape index (κ2) is 21.4. The number of thioether (sulfide) groups is 1. The summed E-state index contributed by atoms with van der Waals surface area (Å²) in [6.45, 7) is 0.685. The Morgan fingerprint density at radius 2 is 1.29 bits per heavy atom. The number of ether oxygens (including phenoxy) is 4. The van der Waals surface area contributed by atoms with Gasteiger partial charge in [0.05, 0.1) is 20.4 Å². The number of nitrogens with one attached hydrogen (secondary N) is 1. The van der Waals surface area contributed by atoms with Gasteiger partial charge in [-0.25, -0.2) is 14.8 Å². The van der Waals surface area contributed by atoms with Crippen LogP contribution in [0.2, 0.25) is 0 Å². The summed E-state index contributed by atoms with van der Waals surface area (Å²) in [5, 5.41) is 29.3. The van der Waals surface area contributed by atoms with Gasteiger partial charge in [0.1, 0.15) is 48.2 Å². The van der Waals surface area contributed by atoms with Crippen molar-refractivity contribution in [2.75, 3.05) is 31.9 Å². The molecule has 0 spiro atoms. The van der Waals surface area contributed by atoms with Crippen LogP contribution in [0, 0.1) is 0 Å². The highest BCUT2D eigenvalue weighted by Crippen LogP contribution is 2.41. The van der Waals surface area contributed by atoms with E-state index in [0.717, 1.165) is 39.3 Å². The molecule has 3 heterocycles. The minimum atomic E-state index is -1.26. The summed E-state index contributed by atoms with van der Waals surface area (Å²) in [5.41, 5.74) is 4.46. The molecule has 13 nitrogen and oxygen atoms in total. The molecule has 16 heteroatoms. The number of thiazole rings is 1. The second-order valence-electron chi connectivity index (χ2n) is 14.1. The first-order chi connectivity index (χ1) is 31.9. The Hall–Kier alpha value is -7.27. The highest BCUT2D eigenvalue weighted by Gasteiger charge is 2.37. The van der Waals surface area contributed by atoms with E-state index >= 15 is 0 Å². The van der Waals surface area contributed by atoms with Crippen molar-refractivity contribution >= 4 is 51.2 Å². The number of aromatic nitrogens is 4. The van der Waals surface area contributed by atoms with Crippen LogP contribution in [0.4, 0.5) is 5.13 Å². The largest absolute Gasteiger partial charge is 0.497 e. The van der Waals surface area contributed by atoms with Gasteiger partial charge in [0, 0.05) is 17.2 Å². The van der Waals surface area contributed by atoms with Gasteiger partial charge in [-0.15, -0.1) is 21.5 Å². The lowest BCUT2D eigenvalue weighted by Crippen LogP contribution is -2.38. The van der Waals surface area contributed by atoms with Gasteiger partial charge in [-0.3, -0.25) is 0 Å². The maximum atomic E-state index is 12.5. The molecule has 328 valence electrons. The highest BCUT2D eigenvalue weighted by atomic mass is 32.2. The number of benzene rings is 5. The zero-order chi connectivity index (χ0) is 44.9. The third-order valence-electron chi connectivity index (χ3n) is 9.98. The first-order valence-electron chi connectivity index (χ1n) is 20.2. The maximum Gasteiger partial charge on any atom is 0.360 e. The number of hydrogen-bond donors (Lipinski definition) is 2. The molecule has 2 N–H and O–H groups in total. The van der Waals surface area contributed by atoms with Gasteiger partial charge in [-0.05, 0) is 52.1 Å². The first-order valence-corrected chi connectivity index (χ1v) is 22.9. The minimum Gasteiger partial charge on any atom is -0.497 e. The average molecular weight is 923 g/mol. The Morgan fingerprint density at radius 3 is 1.83 bits per heavy atom. The zero-order valence-corrected chi connectivity index (χ0v) is 37.6. The van der Waals surface area contributed by atoms with Crippen molar-refractivity contribution in [3.63, 3.8) is 0 Å². The molecule has 3 aromatic heterocycles. The summed E-state index contributed by atoms with van der Waals surface area (Å²) >= 11 is 4.04. The van der Waals surface area contributed by atoms with Crippen molar-refractivity contribution < 1.29 is 33.7 Å². The number of carboxylic acid groups (broad SMARTS) is 1. The van der Waals surface area contributed by atoms with E-state index in [0.29, 0.717) is 44.0 Å². The number of nitrogens with zero attached hydrogens (tertiary/aromatic N) is 5. The summed E-state index contributed by atoms with van der Waals surface area (Å²) in [4.78, 5) is 27.4. The fourth-order valence-electron chi connectivity index (χ4n) is 6.75. The van der Waals surface area contributed by atoms with Gasteiger partial charge in [-0.2, -0.15) is 0 Å². The van der Waals surface area contributed by atoms with E-state index in [1.165, 1.54) is 34.4 Å². The van der Waals surface area contributed by atoms with Crippen LogP contribution in [0.1, 0.15) is 33.5 Å². The molecule has 5 aromatic carbocycles. The van der Waals surface area contributed by atoms with Crippen LogP contribution in [0.25, 0.3) is 10.7 Å². The van der Waals surface area contributed by atoms with E-state index in [-0.39, 0.29) is 24.6 Å². The van der Waals surface area contributed by atoms with E-state index < -0.39 is 11.5 Å². The maximum absolute atomic E-state index is 12.5. The van der Waals surface area contributed by atoms with Gasteiger partial charge in [0.2, 0.25) is 5.71 Å². The third kappa shape index (κ3) is 10.9. The smallest absolute Gasteiger partial charge is 0.360 e. The van der Waals surface area contributed by atoms with Gasteiger partial charge in [0.15, 0.2) is 26.0 Å². The van der Waals surface area contributed by atoms with Crippen molar-refractivity contribution in [3.8, 4) is 33.7 Å². The Morgan fingerprint density at radius 1 is 0.738 bits per heavy atom. The van der Waals surface area contributed by atoms with E-state index in [1.807, 2.05) is 103 Å². The van der Waals surface area contributed by atoms with E-state index in [4.69, 9.17) is 28.8 Å². The summed E-state index contributed by atoms with van der Waals surface area (Å²) in [6.07, 6.45) is 1.62. The molecule has 8 aromatic rings. The number of carbonyl (C=O) groups is 1. The fourth-order valence-corrected chi connectivity index (χ4v) is 9.20. The molecular weight excluding hydrogens is 881 g/mol. The lowest BCUT2D eigenvalue weighted by Gasteiger charge is -2.36. The number of aliphatic carboxylic acids is 1. The van der Waals surface area contributed by atoms with Crippen LogP contribution < -0.4 is 24.3 Å². The van der Waals surface area contributed by atoms with Gasteiger partial charge < -0.3 is 34.2 Å². The molecule has 0 aliphatic carbocycles. The van der Waals surface area contributed by atoms with Crippen LogP contribution in [-0.2, 0) is 28.4 Å². The average Bonchev–Trinajstić information content (AvgIpc) is 4.04. The molecule has 0 saturated heterocycles. The molecule has 0 radical (unpaired) electrons. The van der Waals surface area contributed by atoms with E-state index in [9.17, 15) is 9.90 Å². The number of rotatable bonds is 21. The van der Waals surface area contributed by atoms with Crippen LogP contribution in [-0.4, -0.2) is 63.5 Å². The third-order valence-corrected chi connectivity index (χ3v) is 12.8. The molecule has 65 heavy (non-hydrogen) atoms. The van der Waals surface area contributed by atoms with Crippen molar-refractivity contribution in [3.05, 3.63) is 191 Å². The number of methoxy groups -OCH3 is 2. The van der Waals surface area contributed by atoms with Gasteiger partial charge in [0.25, 0.3) is 0 Å². The normalized spacial score (nSPS) is 11.4. The van der Waals surface area contributed by atoms with Crippen LogP contribution >= 0.6 is 34.4 Å². The lowest BCUT2D eigenvalue weighted by atomic mass is 9.77. The topological polar surface area (TPSA) is 159 Å². The highest BCUT2D eigenvalue weighted by molar-refractivity contribution is 8.01. The molecule has 0 unspecified atom stereocenters. The molecular formula is C49H42N6O7S3. The molecule has 0 aliphatic rings. The molecule has 0 aliphatic heterocycles. The summed E-state index contributed by atoms with van der Waals surface area (Å²) < 4.78 is 23.7. The van der Waals surface area contributed by atoms with Crippen molar-refractivity contribution in [1.29, 1.82) is 0 Å². The number of carboxylic acids is 1. The Labute approximate surface area is 387 Å². The quantitative estimate of drug-likeness (QED) is 0.0231. The fraction of sp³-hybridized carbons (Fsp3) is 0.143. The summed E-state index contributed by atoms with van der Waals surface area (Å²) in [7, 11) is 3.25. The lowest BCUT2D eigenvalue weighted by molar-refractivity contribution is -0.129. The zero-order valence-electron chi connectivity index (χ0n) is 35.2. The molecule has 0 bridgehead atoms. The SMILES string of the molecule is COc1ccc(COc2cnc(-c3nnc(SCCO/N=C(\C(=O)O)c4csc(NC(c5ccccc5)(c5ccccc5)c5ccccc5)n4)s3)cc2OCc2ccc(OC)cc2)cc1. The minimum absolute atomic E-state index is 0.104. The Bertz CT molecular complexity index is 2710. The standard InChI is InChI=1S/C49H42N6O7S3/c1-58-38-22-18-33(19-23-38)30-60-42-28-40(50-29-43(42)61-31-34-20-24-39(59-2)25-21-34)45-53-54-48(65-45)63-27-26-62-55-44(46(56)57)41-32-64-47(51-41)52-49(35-12-6-3-7-13-35,36-14-8-4-9-15-36)37-16-10-5-11-17-37/h3-25,28-29,32H,26-27,30-31H2,1-2H3,(H,51,52)(H,56,57)/b55-44-. The second-order valence-corrected chi connectivity index (χ2v) is 17.3. The van der Waals surface area contributed by atoms with Crippen molar-refractivity contribution in [2.24, 2.45) is 5.16 Å². The van der Waals surface area contributed by atoms with Crippen LogP contribution in [0.3, 0.4) is 0 Å². The predicted octanol–water partition coefficient (Wildman–Crippen LogP) is 10.2. The van der Waals surface area contributed by atoms with Gasteiger partial charge >= 0.3 is 5.97 Å². The number of pyridine rings is 1. The van der Waals surface area contributed by atoms with Crippen molar-refractivity contribution in [2.45, 2.75) is 23.1 Å². The number of hydrogen-bond acceptors (Lipinski definition) is 15. The molecule has 0 saturated carbocycles. The molecule has 0 atom stereocenters. The first kappa shape index (κ1) is 44.3. The van der Waals surface area contributed by atoms with E-state index in [2.05, 4.69) is 62.1 Å². The number of anilines is 1. The Balaban J connectivity index is 0.926. The van der Waals surface area contributed by atoms with Crippen LogP contribution in [0.5, 0.6) is 23.0 Å². The number of oxime groups is 1. The molecule has 8 rings (SSSR count). The summed E-state index contributed by atoms with van der Waals surface area (Å²) in [5.74, 6) is 1.64.